The van der Waals surface area contributed by atoms with Crippen LogP contribution in [0.3, 0.4) is 0 Å². The minimum Gasteiger partial charge on any atom is -0.413 e. The Hall–Kier alpha value is -2.30. The SMILES string of the molecule is COn1c(C(=O)NC2CCC2)cc2ccccc2c1=O. The number of carbonyl (C=O) groups excluding carboxylic acids is 1. The fourth-order valence-electron chi connectivity index (χ4n) is 2.39. The minimum atomic E-state index is -0.315. The van der Waals surface area contributed by atoms with Crippen molar-refractivity contribution in [2.24, 2.45) is 0 Å². The summed E-state index contributed by atoms with van der Waals surface area (Å²) in [5.41, 5.74) is -0.0764. The van der Waals surface area contributed by atoms with Crippen LogP contribution in [0.15, 0.2) is 35.1 Å². The molecule has 0 unspecified atom stereocenters. The molecule has 1 N–H and O–H groups in total. The van der Waals surface area contributed by atoms with E-state index in [1.165, 1.54) is 7.11 Å². The van der Waals surface area contributed by atoms with Crippen molar-refractivity contribution in [1.82, 2.24) is 10.0 Å². The van der Waals surface area contributed by atoms with Gasteiger partial charge >= 0.3 is 0 Å². The van der Waals surface area contributed by atoms with Gasteiger partial charge in [-0.15, -0.1) is 4.73 Å². The lowest BCUT2D eigenvalue weighted by atomic mass is 9.93. The Bertz CT molecular complexity index is 717. The van der Waals surface area contributed by atoms with Crippen LogP contribution < -0.4 is 15.7 Å². The Labute approximate surface area is 116 Å². The molecule has 0 atom stereocenters. The molecule has 2 aromatic rings. The van der Waals surface area contributed by atoms with Crippen LogP contribution in [-0.4, -0.2) is 23.8 Å². The highest BCUT2D eigenvalue weighted by molar-refractivity contribution is 5.96. The number of hydrogen-bond donors (Lipinski definition) is 1. The second-order valence-electron chi connectivity index (χ2n) is 5.00. The molecule has 0 spiro atoms. The summed E-state index contributed by atoms with van der Waals surface area (Å²) in [5, 5.41) is 4.20. The van der Waals surface area contributed by atoms with Crippen LogP contribution >= 0.6 is 0 Å². The highest BCUT2D eigenvalue weighted by Gasteiger charge is 2.23. The number of nitrogens with zero attached hydrogens (tertiary/aromatic N) is 1. The average molecular weight is 272 g/mol. The summed E-state index contributed by atoms with van der Waals surface area (Å²) in [6.07, 6.45) is 3.13. The Balaban J connectivity index is 2.08. The molecule has 1 aliphatic carbocycles. The van der Waals surface area contributed by atoms with Gasteiger partial charge in [0.15, 0.2) is 0 Å². The molecule has 5 nitrogen and oxygen atoms in total. The molecule has 1 saturated carbocycles. The molecule has 0 bridgehead atoms. The highest BCUT2D eigenvalue weighted by Crippen LogP contribution is 2.19. The monoisotopic (exact) mass is 272 g/mol. The quantitative estimate of drug-likeness (QED) is 0.917. The van der Waals surface area contributed by atoms with Crippen LogP contribution in [0.4, 0.5) is 0 Å². The molecule has 5 heteroatoms. The highest BCUT2D eigenvalue weighted by atomic mass is 16.6. The van der Waals surface area contributed by atoms with E-state index in [1.54, 1.807) is 18.2 Å². The van der Waals surface area contributed by atoms with E-state index < -0.39 is 0 Å². The Morgan fingerprint density at radius 1 is 1.35 bits per heavy atom. The van der Waals surface area contributed by atoms with E-state index in [2.05, 4.69) is 5.32 Å². The Morgan fingerprint density at radius 3 is 2.75 bits per heavy atom. The summed E-state index contributed by atoms with van der Waals surface area (Å²) in [6, 6.07) is 9.07. The third-order valence-electron chi connectivity index (χ3n) is 3.74. The van der Waals surface area contributed by atoms with Gasteiger partial charge < -0.3 is 10.2 Å². The van der Waals surface area contributed by atoms with Gasteiger partial charge in [0, 0.05) is 6.04 Å². The molecule has 0 radical (unpaired) electrons. The molecular weight excluding hydrogens is 256 g/mol. The van der Waals surface area contributed by atoms with Crippen molar-refractivity contribution in [3.8, 4) is 0 Å². The van der Waals surface area contributed by atoms with E-state index in [-0.39, 0.29) is 23.2 Å². The van der Waals surface area contributed by atoms with Gasteiger partial charge in [0.1, 0.15) is 12.8 Å². The van der Waals surface area contributed by atoms with E-state index in [0.717, 1.165) is 29.4 Å². The molecule has 0 saturated heterocycles. The maximum atomic E-state index is 12.3. The summed E-state index contributed by atoms with van der Waals surface area (Å²) >= 11 is 0. The maximum absolute atomic E-state index is 12.3. The zero-order valence-electron chi connectivity index (χ0n) is 11.3. The average Bonchev–Trinajstić information content (AvgIpc) is 2.42. The van der Waals surface area contributed by atoms with Crippen molar-refractivity contribution in [2.75, 3.05) is 7.11 Å². The fourth-order valence-corrected chi connectivity index (χ4v) is 2.39. The number of fused-ring (bicyclic) bond motifs is 1. The lowest BCUT2D eigenvalue weighted by Gasteiger charge is -2.26. The fraction of sp³-hybridized carbons (Fsp3) is 0.333. The standard InChI is InChI=1S/C15H16N2O3/c1-20-17-13(14(18)16-11-6-4-7-11)9-10-5-2-3-8-12(10)15(17)19/h2-3,5,8-9,11H,4,6-7H2,1H3,(H,16,18). The third-order valence-corrected chi connectivity index (χ3v) is 3.74. The first-order valence-electron chi connectivity index (χ1n) is 6.71. The zero-order chi connectivity index (χ0) is 14.1. The van der Waals surface area contributed by atoms with Crippen molar-refractivity contribution in [1.29, 1.82) is 0 Å². The predicted molar refractivity (Wildman–Crippen MR) is 75.8 cm³/mol. The molecule has 1 fully saturated rings. The molecule has 104 valence electrons. The molecule has 20 heavy (non-hydrogen) atoms. The number of nitrogens with one attached hydrogen (secondary N) is 1. The number of amides is 1. The van der Waals surface area contributed by atoms with Crippen molar-refractivity contribution >= 4 is 16.7 Å². The number of benzene rings is 1. The normalized spacial score (nSPS) is 14.8. The van der Waals surface area contributed by atoms with E-state index >= 15 is 0 Å². The summed E-state index contributed by atoms with van der Waals surface area (Å²) in [6.45, 7) is 0. The number of carbonyl (C=O) groups is 1. The first-order chi connectivity index (χ1) is 9.70. The second kappa shape index (κ2) is 5.00. The smallest absolute Gasteiger partial charge is 0.291 e. The summed E-state index contributed by atoms with van der Waals surface area (Å²) in [7, 11) is 1.39. The van der Waals surface area contributed by atoms with E-state index in [1.807, 2.05) is 12.1 Å². The van der Waals surface area contributed by atoms with Crippen molar-refractivity contribution in [3.63, 3.8) is 0 Å². The van der Waals surface area contributed by atoms with Crippen molar-refractivity contribution < 1.29 is 9.63 Å². The minimum absolute atomic E-state index is 0.217. The molecule has 1 aliphatic rings. The first kappa shape index (κ1) is 12.7. The topological polar surface area (TPSA) is 60.3 Å². The molecular formula is C15H16N2O3. The molecule has 3 rings (SSSR count). The van der Waals surface area contributed by atoms with Gasteiger partial charge in [0.05, 0.1) is 5.39 Å². The lowest BCUT2D eigenvalue weighted by Crippen LogP contribution is -2.42. The summed E-state index contributed by atoms with van der Waals surface area (Å²) < 4.78 is 1.05. The van der Waals surface area contributed by atoms with Crippen LogP contribution in [0.2, 0.25) is 0 Å². The molecule has 1 aromatic carbocycles. The van der Waals surface area contributed by atoms with Crippen LogP contribution in [0.25, 0.3) is 10.8 Å². The van der Waals surface area contributed by atoms with E-state index in [9.17, 15) is 9.59 Å². The van der Waals surface area contributed by atoms with Gasteiger partial charge in [-0.1, -0.05) is 18.2 Å². The Kier molecular flexibility index (Phi) is 3.18. The Morgan fingerprint density at radius 2 is 2.10 bits per heavy atom. The molecule has 1 amide bonds. The molecule has 0 aliphatic heterocycles. The number of pyridine rings is 1. The van der Waals surface area contributed by atoms with Gasteiger partial charge in [0.2, 0.25) is 0 Å². The van der Waals surface area contributed by atoms with Crippen molar-refractivity contribution in [2.45, 2.75) is 25.3 Å². The number of hydrogen-bond acceptors (Lipinski definition) is 3. The molecule has 1 aromatic heterocycles. The largest absolute Gasteiger partial charge is 0.413 e. The van der Waals surface area contributed by atoms with Crippen LogP contribution in [-0.2, 0) is 0 Å². The van der Waals surface area contributed by atoms with Gasteiger partial charge in [-0.05, 0) is 36.8 Å². The molecule has 1 heterocycles. The second-order valence-corrected chi connectivity index (χ2v) is 5.00. The van der Waals surface area contributed by atoms with Gasteiger partial charge in [-0.25, -0.2) is 0 Å². The van der Waals surface area contributed by atoms with Crippen LogP contribution in [0, 0.1) is 0 Å². The zero-order valence-corrected chi connectivity index (χ0v) is 11.3. The van der Waals surface area contributed by atoms with E-state index in [0.29, 0.717) is 5.39 Å². The van der Waals surface area contributed by atoms with Crippen molar-refractivity contribution in [3.05, 3.63) is 46.4 Å². The maximum Gasteiger partial charge on any atom is 0.291 e. The predicted octanol–water partition coefficient (Wildman–Crippen LogP) is 1.34. The van der Waals surface area contributed by atoms with Gasteiger partial charge in [-0.3, -0.25) is 9.59 Å². The lowest BCUT2D eigenvalue weighted by molar-refractivity contribution is 0.0849. The number of rotatable bonds is 3. The van der Waals surface area contributed by atoms with E-state index in [4.69, 9.17) is 4.84 Å². The van der Waals surface area contributed by atoms with Crippen LogP contribution in [0.1, 0.15) is 29.8 Å². The van der Waals surface area contributed by atoms with Crippen LogP contribution in [0.5, 0.6) is 0 Å². The third kappa shape index (κ3) is 2.05. The van der Waals surface area contributed by atoms with Gasteiger partial charge in [-0.2, -0.15) is 0 Å². The number of aromatic nitrogens is 1. The first-order valence-corrected chi connectivity index (χ1v) is 6.71. The summed E-state index contributed by atoms with van der Waals surface area (Å²) in [4.78, 5) is 29.7. The van der Waals surface area contributed by atoms with Gasteiger partial charge in [0.25, 0.3) is 11.5 Å². The summed E-state index contributed by atoms with van der Waals surface area (Å²) in [5.74, 6) is -0.264.